The number of carboxylic acids is 1. The third-order valence-corrected chi connectivity index (χ3v) is 6.44. The van der Waals surface area contributed by atoms with E-state index >= 15 is 0 Å². The summed E-state index contributed by atoms with van der Waals surface area (Å²) in [6.07, 6.45) is -4.19. The maximum absolute atomic E-state index is 13.2. The van der Waals surface area contributed by atoms with Gasteiger partial charge in [0.05, 0.1) is 12.1 Å². The number of ether oxygens (including phenoxy) is 1. The SMILES string of the molecule is CC/C(C)=C(C)/N=C(\C)C(=O)NC1CCN(c2nc(C(F)(F)F)c(C(=O)O)s2)CC1OC. The van der Waals surface area contributed by atoms with Crippen molar-refractivity contribution in [1.29, 1.82) is 0 Å². The predicted octanol–water partition coefficient (Wildman–Crippen LogP) is 3.73. The van der Waals surface area contributed by atoms with Gasteiger partial charge < -0.3 is 20.1 Å². The van der Waals surface area contributed by atoms with Crippen molar-refractivity contribution in [3.63, 3.8) is 0 Å². The molecule has 0 radical (unpaired) electrons. The Kier molecular flexibility index (Phi) is 8.41. The maximum atomic E-state index is 13.2. The molecule has 1 amide bonds. The molecule has 178 valence electrons. The molecule has 2 atom stereocenters. The van der Waals surface area contributed by atoms with Gasteiger partial charge in [-0.25, -0.2) is 9.78 Å². The minimum Gasteiger partial charge on any atom is -0.477 e. The lowest BCUT2D eigenvalue weighted by molar-refractivity contribution is -0.141. The molecule has 0 bridgehead atoms. The molecule has 2 rings (SSSR count). The summed E-state index contributed by atoms with van der Waals surface area (Å²) in [6, 6.07) is -0.383. The van der Waals surface area contributed by atoms with E-state index in [0.717, 1.165) is 17.7 Å². The van der Waals surface area contributed by atoms with Crippen molar-refractivity contribution < 1.29 is 32.6 Å². The number of carbonyl (C=O) groups is 2. The Labute approximate surface area is 188 Å². The van der Waals surface area contributed by atoms with E-state index in [9.17, 15) is 22.8 Å². The molecule has 1 aromatic rings. The first-order chi connectivity index (χ1) is 14.9. The number of alkyl halides is 3. The van der Waals surface area contributed by atoms with Gasteiger partial charge in [0, 0.05) is 25.9 Å². The minimum atomic E-state index is -4.87. The molecule has 0 saturated carbocycles. The van der Waals surface area contributed by atoms with Crippen LogP contribution >= 0.6 is 11.3 Å². The van der Waals surface area contributed by atoms with Crippen LogP contribution in [0.5, 0.6) is 0 Å². The van der Waals surface area contributed by atoms with Crippen molar-refractivity contribution in [2.45, 2.75) is 58.9 Å². The third kappa shape index (κ3) is 6.06. The number of allylic oxidation sites excluding steroid dienone is 2. The standard InChI is InChI=1S/C20H27F3N4O4S/c1-6-10(2)11(3)24-12(4)17(28)25-13-7-8-27(9-14(13)31-5)19-26-16(20(21,22)23)15(32-19)18(29)30/h13-14H,6-9H2,1-5H3,(H,25,28)(H,29,30)/b11-10+,24-12+. The fourth-order valence-electron chi connectivity index (χ4n) is 3.20. The van der Waals surface area contributed by atoms with Gasteiger partial charge in [-0.3, -0.25) is 9.79 Å². The molecule has 1 aromatic heterocycles. The quantitative estimate of drug-likeness (QED) is 0.581. The van der Waals surface area contributed by atoms with Gasteiger partial charge in [-0.1, -0.05) is 23.8 Å². The van der Waals surface area contributed by atoms with E-state index in [1.807, 2.05) is 20.8 Å². The largest absolute Gasteiger partial charge is 0.477 e. The normalized spacial score (nSPS) is 20.8. The zero-order valence-electron chi connectivity index (χ0n) is 18.5. The summed E-state index contributed by atoms with van der Waals surface area (Å²) >= 11 is 0.473. The highest BCUT2D eigenvalue weighted by Gasteiger charge is 2.41. The Morgan fingerprint density at radius 2 is 2.00 bits per heavy atom. The molecule has 12 heteroatoms. The second-order valence-corrected chi connectivity index (χ2v) is 8.46. The molecule has 8 nitrogen and oxygen atoms in total. The number of aromatic nitrogens is 1. The number of hydrogen-bond acceptors (Lipinski definition) is 7. The van der Waals surface area contributed by atoms with E-state index in [-0.39, 0.29) is 30.2 Å². The van der Waals surface area contributed by atoms with Crippen molar-refractivity contribution in [2.24, 2.45) is 4.99 Å². The van der Waals surface area contributed by atoms with Crippen LogP contribution < -0.4 is 10.2 Å². The number of aromatic carboxylic acids is 1. The van der Waals surface area contributed by atoms with Gasteiger partial charge in [0.15, 0.2) is 10.8 Å². The van der Waals surface area contributed by atoms with Gasteiger partial charge in [-0.05, 0) is 33.6 Å². The molecule has 0 aromatic carbocycles. The smallest absolute Gasteiger partial charge is 0.435 e. The first-order valence-electron chi connectivity index (χ1n) is 10.0. The fraction of sp³-hybridized carbons (Fsp3) is 0.600. The highest BCUT2D eigenvalue weighted by atomic mass is 32.1. The zero-order valence-corrected chi connectivity index (χ0v) is 19.4. The third-order valence-electron chi connectivity index (χ3n) is 5.34. The molecule has 2 unspecified atom stereocenters. The maximum Gasteiger partial charge on any atom is 0.435 e. The molecule has 32 heavy (non-hydrogen) atoms. The average molecular weight is 477 g/mol. The highest BCUT2D eigenvalue weighted by molar-refractivity contribution is 7.17. The summed E-state index contributed by atoms with van der Waals surface area (Å²) in [4.78, 5) is 32.4. The minimum absolute atomic E-state index is 0.0462. The van der Waals surface area contributed by atoms with E-state index in [1.165, 1.54) is 7.11 Å². The van der Waals surface area contributed by atoms with Gasteiger partial charge in [0.25, 0.3) is 5.91 Å². The lowest BCUT2D eigenvalue weighted by atomic mass is 10.0. The molecule has 0 aliphatic carbocycles. The summed E-state index contributed by atoms with van der Waals surface area (Å²) in [5.41, 5.74) is 0.736. The number of aliphatic imine (C=N–C) groups is 1. The van der Waals surface area contributed by atoms with Crippen LogP contribution in [0.4, 0.5) is 18.3 Å². The van der Waals surface area contributed by atoms with Gasteiger partial charge >= 0.3 is 12.1 Å². The van der Waals surface area contributed by atoms with Gasteiger partial charge in [-0.15, -0.1) is 0 Å². The Morgan fingerprint density at radius 1 is 1.34 bits per heavy atom. The van der Waals surface area contributed by atoms with E-state index < -0.39 is 28.8 Å². The average Bonchev–Trinajstić information content (AvgIpc) is 3.19. The number of thiazole rings is 1. The summed E-state index contributed by atoms with van der Waals surface area (Å²) < 4.78 is 44.9. The number of rotatable bonds is 7. The summed E-state index contributed by atoms with van der Waals surface area (Å²) in [6.45, 7) is 7.81. The molecule has 1 aliphatic rings. The lowest BCUT2D eigenvalue weighted by Crippen LogP contribution is -2.55. The van der Waals surface area contributed by atoms with Gasteiger partial charge in [0.1, 0.15) is 10.6 Å². The number of methoxy groups -OCH3 is 1. The Morgan fingerprint density at radius 3 is 2.50 bits per heavy atom. The highest BCUT2D eigenvalue weighted by Crippen LogP contribution is 2.38. The number of piperidine rings is 1. The van der Waals surface area contributed by atoms with Crippen LogP contribution in [0.25, 0.3) is 0 Å². The lowest BCUT2D eigenvalue weighted by Gasteiger charge is -2.37. The van der Waals surface area contributed by atoms with Crippen LogP contribution in [0, 0.1) is 0 Å². The number of carboxylic acid groups (broad SMARTS) is 1. The second-order valence-electron chi connectivity index (χ2n) is 7.48. The summed E-state index contributed by atoms with van der Waals surface area (Å²) in [5, 5.41) is 11.9. The Balaban J connectivity index is 2.15. The first-order valence-corrected chi connectivity index (χ1v) is 10.8. The van der Waals surface area contributed by atoms with E-state index in [1.54, 1.807) is 11.8 Å². The Hall–Kier alpha value is -2.47. The number of halogens is 3. The van der Waals surface area contributed by atoms with Crippen LogP contribution in [-0.2, 0) is 15.7 Å². The van der Waals surface area contributed by atoms with E-state index in [2.05, 4.69) is 15.3 Å². The second kappa shape index (κ2) is 10.4. The van der Waals surface area contributed by atoms with Gasteiger partial charge in [-0.2, -0.15) is 13.2 Å². The number of carbonyl (C=O) groups excluding carboxylic acids is 1. The number of anilines is 1. The predicted molar refractivity (Wildman–Crippen MR) is 115 cm³/mol. The van der Waals surface area contributed by atoms with Crippen molar-refractivity contribution in [3.8, 4) is 0 Å². The first kappa shape index (κ1) is 25.8. The number of nitrogens with one attached hydrogen (secondary N) is 1. The molecule has 1 aliphatic heterocycles. The number of amides is 1. The molecule has 2 heterocycles. The number of hydrogen-bond donors (Lipinski definition) is 2. The van der Waals surface area contributed by atoms with Crippen molar-refractivity contribution in [3.05, 3.63) is 21.8 Å². The Bertz CT molecular complexity index is 926. The topological polar surface area (TPSA) is 104 Å². The number of nitrogens with zero attached hydrogens (tertiary/aromatic N) is 3. The fourth-order valence-corrected chi connectivity index (χ4v) is 4.16. The van der Waals surface area contributed by atoms with Crippen LogP contribution in [0.15, 0.2) is 16.3 Å². The van der Waals surface area contributed by atoms with Crippen molar-refractivity contribution in [1.82, 2.24) is 10.3 Å². The summed E-state index contributed by atoms with van der Waals surface area (Å²) in [7, 11) is 1.44. The van der Waals surface area contributed by atoms with Crippen LogP contribution in [-0.4, -0.2) is 60.0 Å². The van der Waals surface area contributed by atoms with E-state index in [0.29, 0.717) is 23.5 Å². The van der Waals surface area contributed by atoms with Gasteiger partial charge in [0.2, 0.25) is 0 Å². The van der Waals surface area contributed by atoms with E-state index in [4.69, 9.17) is 9.84 Å². The molecule has 0 spiro atoms. The zero-order chi connectivity index (χ0) is 24.2. The van der Waals surface area contributed by atoms with Crippen molar-refractivity contribution in [2.75, 3.05) is 25.1 Å². The van der Waals surface area contributed by atoms with Crippen molar-refractivity contribution >= 4 is 34.1 Å². The monoisotopic (exact) mass is 476 g/mol. The van der Waals surface area contributed by atoms with Crippen LogP contribution in [0.3, 0.4) is 0 Å². The molecular formula is C20H27F3N4O4S. The van der Waals surface area contributed by atoms with Crippen LogP contribution in [0.2, 0.25) is 0 Å². The summed E-state index contributed by atoms with van der Waals surface area (Å²) in [5.74, 6) is -2.03. The molecule has 1 saturated heterocycles. The van der Waals surface area contributed by atoms with Crippen LogP contribution in [0.1, 0.15) is 55.9 Å². The molecular weight excluding hydrogens is 449 g/mol. The molecule has 2 N–H and O–H groups in total. The molecule has 1 fully saturated rings.